The van der Waals surface area contributed by atoms with Crippen LogP contribution in [0.1, 0.15) is 23.6 Å². The second kappa shape index (κ2) is 8.99. The van der Waals surface area contributed by atoms with Crippen LogP contribution in [0.25, 0.3) is 10.9 Å². The molecule has 0 bridgehead atoms. The maximum Gasteiger partial charge on any atom is 0.433 e. The van der Waals surface area contributed by atoms with Crippen molar-refractivity contribution in [2.45, 2.75) is 37.1 Å². The van der Waals surface area contributed by atoms with Gasteiger partial charge in [0.2, 0.25) is 0 Å². The van der Waals surface area contributed by atoms with Crippen molar-refractivity contribution in [3.8, 4) is 5.75 Å². The molecule has 1 fully saturated rings. The number of alkyl halides is 3. The molecule has 0 spiro atoms. The van der Waals surface area contributed by atoms with Gasteiger partial charge in [0.25, 0.3) is 0 Å². The third-order valence-corrected chi connectivity index (χ3v) is 5.66. The molecule has 0 radical (unpaired) electrons. The molecule has 0 unspecified atom stereocenters. The number of ether oxygens (including phenoxy) is 2. The minimum atomic E-state index is -4.58. The second-order valence-corrected chi connectivity index (χ2v) is 8.22. The Morgan fingerprint density at radius 1 is 1.22 bits per heavy atom. The number of nitrogen functional groups attached to an aromatic ring is 1. The summed E-state index contributed by atoms with van der Waals surface area (Å²) in [6.07, 6.45) is -1.84. The molecule has 4 rings (SSSR count). The summed E-state index contributed by atoms with van der Waals surface area (Å²) in [6.45, 7) is 2.96. The summed E-state index contributed by atoms with van der Waals surface area (Å²) in [6, 6.07) is 5.99. The van der Waals surface area contributed by atoms with Gasteiger partial charge in [-0.1, -0.05) is 0 Å². The van der Waals surface area contributed by atoms with Crippen LogP contribution in [-0.2, 0) is 17.5 Å². The van der Waals surface area contributed by atoms with Crippen molar-refractivity contribution in [1.29, 1.82) is 0 Å². The molecule has 11 heteroatoms. The molecular formula is C21H22F3N5O2S. The first-order valence-corrected chi connectivity index (χ1v) is 11.1. The number of halogens is 3. The number of nitrogens with one attached hydrogen (secondary N) is 1. The zero-order valence-corrected chi connectivity index (χ0v) is 18.3. The first-order valence-electron chi connectivity index (χ1n) is 9.91. The van der Waals surface area contributed by atoms with Gasteiger partial charge in [0, 0.05) is 17.5 Å². The molecule has 7 nitrogen and oxygen atoms in total. The average molecular weight is 466 g/mol. The smallest absolute Gasteiger partial charge is 0.433 e. The first kappa shape index (κ1) is 22.4. The minimum Gasteiger partial charge on any atom is -0.487 e. The number of nitrogens with two attached hydrogens (primary N) is 1. The van der Waals surface area contributed by atoms with Crippen LogP contribution in [0.5, 0.6) is 5.75 Å². The van der Waals surface area contributed by atoms with Gasteiger partial charge < -0.3 is 20.5 Å². The lowest BCUT2D eigenvalue weighted by molar-refractivity contribution is -0.141. The Kier molecular flexibility index (Phi) is 6.29. The molecule has 1 aliphatic heterocycles. The third-order valence-electron chi connectivity index (χ3n) is 4.90. The van der Waals surface area contributed by atoms with E-state index in [0.29, 0.717) is 41.5 Å². The van der Waals surface area contributed by atoms with Gasteiger partial charge in [-0.15, -0.1) is 11.8 Å². The molecule has 0 amide bonds. The monoisotopic (exact) mass is 465 g/mol. The van der Waals surface area contributed by atoms with Crippen LogP contribution in [-0.4, -0.2) is 40.5 Å². The van der Waals surface area contributed by atoms with Crippen molar-refractivity contribution in [3.05, 3.63) is 41.5 Å². The van der Waals surface area contributed by atoms with Crippen molar-refractivity contribution in [2.24, 2.45) is 0 Å². The molecule has 3 heterocycles. The van der Waals surface area contributed by atoms with E-state index in [-0.39, 0.29) is 24.0 Å². The predicted molar refractivity (Wildman–Crippen MR) is 117 cm³/mol. The molecule has 2 aromatic heterocycles. The first-order chi connectivity index (χ1) is 15.2. The van der Waals surface area contributed by atoms with Gasteiger partial charge in [-0.2, -0.15) is 13.2 Å². The molecule has 1 aromatic carbocycles. The van der Waals surface area contributed by atoms with Crippen molar-refractivity contribution >= 4 is 34.2 Å². The van der Waals surface area contributed by atoms with E-state index in [4.69, 9.17) is 15.2 Å². The van der Waals surface area contributed by atoms with Crippen LogP contribution in [0.4, 0.5) is 24.7 Å². The summed E-state index contributed by atoms with van der Waals surface area (Å²) >= 11 is 1.54. The summed E-state index contributed by atoms with van der Waals surface area (Å²) in [5, 5.41) is 3.78. The van der Waals surface area contributed by atoms with Gasteiger partial charge >= 0.3 is 6.18 Å². The van der Waals surface area contributed by atoms with E-state index in [1.54, 1.807) is 18.7 Å². The largest absolute Gasteiger partial charge is 0.487 e. The highest BCUT2D eigenvalue weighted by atomic mass is 32.2. The lowest BCUT2D eigenvalue weighted by Gasteiger charge is -2.17. The van der Waals surface area contributed by atoms with E-state index in [0.717, 1.165) is 17.4 Å². The van der Waals surface area contributed by atoms with Gasteiger partial charge in [0.05, 0.1) is 35.9 Å². The van der Waals surface area contributed by atoms with Crippen LogP contribution in [0.2, 0.25) is 0 Å². The highest BCUT2D eigenvalue weighted by Gasteiger charge is 2.33. The maximum absolute atomic E-state index is 13.1. The topological polar surface area (TPSA) is 95.2 Å². The van der Waals surface area contributed by atoms with E-state index in [2.05, 4.69) is 20.3 Å². The zero-order chi connectivity index (χ0) is 22.9. The molecule has 3 N–H and O–H groups in total. The molecule has 3 aromatic rings. The molecule has 0 aliphatic carbocycles. The fourth-order valence-electron chi connectivity index (χ4n) is 3.45. The molecule has 1 saturated heterocycles. The van der Waals surface area contributed by atoms with E-state index in [1.165, 1.54) is 6.07 Å². The molecule has 32 heavy (non-hydrogen) atoms. The zero-order valence-electron chi connectivity index (χ0n) is 17.5. The normalized spacial score (nSPS) is 16.5. The number of thioether (sulfide) groups is 1. The van der Waals surface area contributed by atoms with E-state index >= 15 is 0 Å². The van der Waals surface area contributed by atoms with E-state index in [9.17, 15) is 13.2 Å². The molecule has 1 aliphatic rings. The standard InChI is InChI=1S/C21H22F3N5O2S/c1-11-27-16-8-18(32-2)17(31-14-3-4-30-10-14)7-15(16)20(28-11)26-9-13-5-12(25)6-19(29-13)21(22,23)24/h5-8,14H,3-4,9-10H2,1-2H3,(H2,25,29)(H,26,27,28)/t14-/m0/s1. The van der Waals surface area contributed by atoms with Crippen LogP contribution in [0, 0.1) is 6.92 Å². The van der Waals surface area contributed by atoms with Gasteiger partial charge in [-0.05, 0) is 37.4 Å². The molecule has 170 valence electrons. The number of benzene rings is 1. The number of nitrogens with zero attached hydrogens (tertiary/aromatic N) is 3. The Hall–Kier alpha value is -2.79. The Bertz CT molecular complexity index is 1140. The van der Waals surface area contributed by atoms with E-state index < -0.39 is 11.9 Å². The number of anilines is 2. The summed E-state index contributed by atoms with van der Waals surface area (Å²) in [5.74, 6) is 1.70. The molecule has 0 saturated carbocycles. The Morgan fingerprint density at radius 2 is 2.03 bits per heavy atom. The number of hydrogen-bond donors (Lipinski definition) is 2. The Morgan fingerprint density at radius 3 is 2.72 bits per heavy atom. The quantitative estimate of drug-likeness (QED) is 0.516. The van der Waals surface area contributed by atoms with Crippen molar-refractivity contribution in [1.82, 2.24) is 15.0 Å². The highest BCUT2D eigenvalue weighted by Crippen LogP contribution is 2.36. The summed E-state index contributed by atoms with van der Waals surface area (Å²) < 4.78 is 50.7. The highest BCUT2D eigenvalue weighted by molar-refractivity contribution is 7.98. The maximum atomic E-state index is 13.1. The second-order valence-electron chi connectivity index (χ2n) is 7.37. The SMILES string of the molecule is CSc1cc2nc(C)nc(NCc3cc(N)cc(C(F)(F)F)n3)c2cc1O[C@H]1CCOC1. The van der Waals surface area contributed by atoms with Crippen molar-refractivity contribution < 1.29 is 22.6 Å². The van der Waals surface area contributed by atoms with Crippen molar-refractivity contribution in [3.63, 3.8) is 0 Å². The average Bonchev–Trinajstić information content (AvgIpc) is 3.24. The van der Waals surface area contributed by atoms with E-state index in [1.807, 2.05) is 18.4 Å². The summed E-state index contributed by atoms with van der Waals surface area (Å²) in [5.41, 5.74) is 5.47. The van der Waals surface area contributed by atoms with Crippen molar-refractivity contribution in [2.75, 3.05) is 30.5 Å². The Labute approximate surface area is 186 Å². The molecule has 1 atom stereocenters. The van der Waals surface area contributed by atoms with Crippen LogP contribution < -0.4 is 15.8 Å². The minimum absolute atomic E-state index is 0.00747. The predicted octanol–water partition coefficient (Wildman–Crippen LogP) is 4.44. The molecular weight excluding hydrogens is 443 g/mol. The fourth-order valence-corrected chi connectivity index (χ4v) is 3.98. The number of hydrogen-bond acceptors (Lipinski definition) is 8. The fraction of sp³-hybridized carbons (Fsp3) is 0.381. The number of rotatable bonds is 6. The van der Waals surface area contributed by atoms with Gasteiger partial charge in [0.1, 0.15) is 29.2 Å². The lowest BCUT2D eigenvalue weighted by Crippen LogP contribution is -2.16. The van der Waals surface area contributed by atoms with Gasteiger partial charge in [-0.3, -0.25) is 0 Å². The summed E-state index contributed by atoms with van der Waals surface area (Å²) in [4.78, 5) is 13.6. The van der Waals surface area contributed by atoms with Crippen LogP contribution in [0.3, 0.4) is 0 Å². The number of fused-ring (bicyclic) bond motifs is 1. The Balaban J connectivity index is 1.67. The number of aromatic nitrogens is 3. The number of aryl methyl sites for hydroxylation is 1. The third kappa shape index (κ3) is 4.99. The van der Waals surface area contributed by atoms with Gasteiger partial charge in [-0.25, -0.2) is 15.0 Å². The summed E-state index contributed by atoms with van der Waals surface area (Å²) in [7, 11) is 0. The van der Waals surface area contributed by atoms with Crippen LogP contribution >= 0.6 is 11.8 Å². The van der Waals surface area contributed by atoms with Crippen LogP contribution in [0.15, 0.2) is 29.2 Å². The number of pyridine rings is 1. The van der Waals surface area contributed by atoms with Gasteiger partial charge in [0.15, 0.2) is 0 Å². The lowest BCUT2D eigenvalue weighted by atomic mass is 10.2.